The summed E-state index contributed by atoms with van der Waals surface area (Å²) in [5.74, 6) is 0. The van der Waals surface area contributed by atoms with Gasteiger partial charge in [0.15, 0.2) is 0 Å². The lowest BCUT2D eigenvalue weighted by molar-refractivity contribution is 0.814. The molecule has 0 saturated heterocycles. The topological polar surface area (TPSA) is 53.6 Å². The normalized spacial score (nSPS) is 10.2. The number of benzene rings is 1. The van der Waals surface area contributed by atoms with Crippen LogP contribution >= 0.6 is 15.9 Å². The molecule has 0 aliphatic carbocycles. The molecule has 0 aliphatic rings. The van der Waals surface area contributed by atoms with Gasteiger partial charge in [-0.3, -0.25) is 0 Å². The van der Waals surface area contributed by atoms with Crippen LogP contribution in [-0.2, 0) is 6.54 Å². The van der Waals surface area contributed by atoms with Crippen LogP contribution in [0.2, 0.25) is 0 Å². The molecule has 1 aromatic heterocycles. The van der Waals surface area contributed by atoms with Crippen LogP contribution in [0.4, 0.5) is 0 Å². The Bertz CT molecular complexity index is 568. The van der Waals surface area contributed by atoms with Gasteiger partial charge in [0.05, 0.1) is 21.9 Å². The van der Waals surface area contributed by atoms with Crippen LogP contribution < -0.4 is 5.32 Å². The number of nitriles is 1. The number of nitrogens with one attached hydrogen (secondary N) is 1. The molecule has 1 N–H and O–H groups in total. The molecule has 0 bridgehead atoms. The number of aromatic nitrogens is 2. The smallest absolute Gasteiger partial charge is 0.101 e. The highest BCUT2D eigenvalue weighted by Gasteiger charge is 2.06. The Balaban J connectivity index is 2.45. The second-order valence-electron chi connectivity index (χ2n) is 3.60. The fourth-order valence-electron chi connectivity index (χ4n) is 1.62. The Labute approximate surface area is 108 Å². The minimum Gasteiger partial charge on any atom is -0.316 e. The first-order valence-electron chi connectivity index (χ1n) is 5.13. The summed E-state index contributed by atoms with van der Waals surface area (Å²) in [6.45, 7) is 0.748. The third-order valence-electron chi connectivity index (χ3n) is 2.36. The minimum atomic E-state index is 0.619. The van der Waals surface area contributed by atoms with E-state index in [4.69, 9.17) is 5.26 Å². The van der Waals surface area contributed by atoms with Crippen LogP contribution in [0.1, 0.15) is 11.1 Å². The molecule has 0 saturated carbocycles. The summed E-state index contributed by atoms with van der Waals surface area (Å²) in [6.07, 6.45) is 3.52. The van der Waals surface area contributed by atoms with Crippen molar-refractivity contribution in [3.05, 3.63) is 46.2 Å². The van der Waals surface area contributed by atoms with Crippen LogP contribution in [0.25, 0.3) is 5.69 Å². The third-order valence-corrected chi connectivity index (χ3v) is 2.77. The largest absolute Gasteiger partial charge is 0.316 e. The molecule has 1 heterocycles. The lowest BCUT2D eigenvalue weighted by Crippen LogP contribution is -2.06. The Morgan fingerprint density at radius 2 is 2.35 bits per heavy atom. The quantitative estimate of drug-likeness (QED) is 0.943. The van der Waals surface area contributed by atoms with E-state index in [-0.39, 0.29) is 0 Å². The van der Waals surface area contributed by atoms with Crippen molar-refractivity contribution in [3.8, 4) is 11.8 Å². The summed E-state index contributed by atoms with van der Waals surface area (Å²) in [7, 11) is 1.88. The van der Waals surface area contributed by atoms with Gasteiger partial charge < -0.3 is 5.32 Å². The molecule has 5 heteroatoms. The van der Waals surface area contributed by atoms with Crippen LogP contribution in [0.15, 0.2) is 35.1 Å². The van der Waals surface area contributed by atoms with Crippen LogP contribution in [0, 0.1) is 11.3 Å². The number of rotatable bonds is 3. The number of hydrogen-bond donors (Lipinski definition) is 1. The molecule has 0 spiro atoms. The molecule has 0 fully saturated rings. The van der Waals surface area contributed by atoms with Gasteiger partial charge in [-0.25, -0.2) is 4.68 Å². The summed E-state index contributed by atoms with van der Waals surface area (Å²) in [5, 5.41) is 16.4. The van der Waals surface area contributed by atoms with Crippen LogP contribution in [0.3, 0.4) is 0 Å². The van der Waals surface area contributed by atoms with E-state index >= 15 is 0 Å². The van der Waals surface area contributed by atoms with Crippen molar-refractivity contribution >= 4 is 15.9 Å². The minimum absolute atomic E-state index is 0.619. The molecular formula is C12H11BrN4. The van der Waals surface area contributed by atoms with Crippen molar-refractivity contribution in [1.29, 1.82) is 5.26 Å². The van der Waals surface area contributed by atoms with Gasteiger partial charge in [0, 0.05) is 12.7 Å². The highest BCUT2D eigenvalue weighted by Crippen LogP contribution is 2.17. The molecule has 2 rings (SSSR count). The first-order chi connectivity index (χ1) is 8.24. The zero-order chi connectivity index (χ0) is 12.3. The van der Waals surface area contributed by atoms with Crippen molar-refractivity contribution in [3.63, 3.8) is 0 Å². The third kappa shape index (κ3) is 2.54. The molecule has 0 unspecified atom stereocenters. The van der Waals surface area contributed by atoms with Crippen LogP contribution in [-0.4, -0.2) is 16.8 Å². The van der Waals surface area contributed by atoms with E-state index in [2.05, 4.69) is 32.4 Å². The first-order valence-corrected chi connectivity index (χ1v) is 5.92. The number of hydrogen-bond acceptors (Lipinski definition) is 3. The van der Waals surface area contributed by atoms with Gasteiger partial charge in [-0.1, -0.05) is 6.07 Å². The Hall–Kier alpha value is -1.64. The molecule has 0 amide bonds. The van der Waals surface area contributed by atoms with Crippen molar-refractivity contribution in [2.45, 2.75) is 6.54 Å². The predicted molar refractivity (Wildman–Crippen MR) is 68.7 cm³/mol. The van der Waals surface area contributed by atoms with Gasteiger partial charge in [-0.15, -0.1) is 0 Å². The molecule has 86 valence electrons. The number of nitrogens with zero attached hydrogens (tertiary/aromatic N) is 3. The van der Waals surface area contributed by atoms with E-state index < -0.39 is 0 Å². The Kier molecular flexibility index (Phi) is 3.57. The van der Waals surface area contributed by atoms with Gasteiger partial charge >= 0.3 is 0 Å². The van der Waals surface area contributed by atoms with Gasteiger partial charge in [-0.05, 0) is 40.7 Å². The average Bonchev–Trinajstić information content (AvgIpc) is 2.76. The van der Waals surface area contributed by atoms with Gasteiger partial charge in [-0.2, -0.15) is 10.4 Å². The lowest BCUT2D eigenvalue weighted by Gasteiger charge is -2.06. The van der Waals surface area contributed by atoms with E-state index in [1.54, 1.807) is 10.9 Å². The Morgan fingerprint density at radius 3 is 2.94 bits per heavy atom. The summed E-state index contributed by atoms with van der Waals surface area (Å²) >= 11 is 3.34. The van der Waals surface area contributed by atoms with Gasteiger partial charge in [0.25, 0.3) is 0 Å². The monoisotopic (exact) mass is 290 g/mol. The molecule has 17 heavy (non-hydrogen) atoms. The van der Waals surface area contributed by atoms with Gasteiger partial charge in [0.1, 0.15) is 6.07 Å². The predicted octanol–water partition coefficient (Wildman–Crippen LogP) is 2.23. The zero-order valence-electron chi connectivity index (χ0n) is 9.31. The van der Waals surface area contributed by atoms with Crippen molar-refractivity contribution < 1.29 is 0 Å². The molecule has 0 atom stereocenters. The van der Waals surface area contributed by atoms with Crippen LogP contribution in [0.5, 0.6) is 0 Å². The average molecular weight is 291 g/mol. The summed E-state index contributed by atoms with van der Waals surface area (Å²) in [4.78, 5) is 0. The number of halogens is 1. The van der Waals surface area contributed by atoms with E-state index in [1.165, 1.54) is 0 Å². The van der Waals surface area contributed by atoms with E-state index in [0.717, 1.165) is 22.3 Å². The highest BCUT2D eigenvalue weighted by molar-refractivity contribution is 9.10. The molecule has 0 radical (unpaired) electrons. The zero-order valence-corrected chi connectivity index (χ0v) is 10.9. The molecule has 0 aliphatic heterocycles. The van der Waals surface area contributed by atoms with E-state index in [1.807, 2.05) is 31.4 Å². The van der Waals surface area contributed by atoms with E-state index in [0.29, 0.717) is 5.56 Å². The maximum atomic E-state index is 9.16. The van der Waals surface area contributed by atoms with E-state index in [9.17, 15) is 0 Å². The summed E-state index contributed by atoms with van der Waals surface area (Å²) < 4.78 is 2.58. The SMILES string of the molecule is CNCc1ccc(-n2cc(Br)cn2)c(C#N)c1. The molecule has 2 aromatic rings. The second-order valence-corrected chi connectivity index (χ2v) is 4.51. The fraction of sp³-hybridized carbons (Fsp3) is 0.167. The van der Waals surface area contributed by atoms with Crippen molar-refractivity contribution in [2.75, 3.05) is 7.05 Å². The van der Waals surface area contributed by atoms with Gasteiger partial charge in [0.2, 0.25) is 0 Å². The second kappa shape index (κ2) is 5.13. The Morgan fingerprint density at radius 1 is 1.53 bits per heavy atom. The standard InChI is InChI=1S/C12H11BrN4/c1-15-6-9-2-3-12(10(4-9)5-14)17-8-11(13)7-16-17/h2-4,7-8,15H,6H2,1H3. The fourth-order valence-corrected chi connectivity index (χ4v) is 1.90. The van der Waals surface area contributed by atoms with Crippen molar-refractivity contribution in [2.24, 2.45) is 0 Å². The molecule has 1 aromatic carbocycles. The maximum absolute atomic E-state index is 9.16. The first kappa shape index (κ1) is 11.8. The lowest BCUT2D eigenvalue weighted by atomic mass is 10.1. The van der Waals surface area contributed by atoms with Crippen molar-refractivity contribution in [1.82, 2.24) is 15.1 Å². The summed E-state index contributed by atoms with van der Waals surface area (Å²) in [6, 6.07) is 7.97. The molecule has 4 nitrogen and oxygen atoms in total. The highest BCUT2D eigenvalue weighted by atomic mass is 79.9. The molecular weight excluding hydrogens is 280 g/mol. The summed E-state index contributed by atoms with van der Waals surface area (Å²) in [5.41, 5.74) is 2.49. The maximum Gasteiger partial charge on any atom is 0.101 e.